The van der Waals surface area contributed by atoms with E-state index in [-0.39, 0.29) is 29.2 Å². The highest BCUT2D eigenvalue weighted by Crippen LogP contribution is 2.35. The molecule has 1 aromatic carbocycles. The number of aromatic hydroxyl groups is 2. The van der Waals surface area contributed by atoms with Gasteiger partial charge in [-0.1, -0.05) is 26.0 Å². The van der Waals surface area contributed by atoms with Crippen LogP contribution in [-0.2, 0) is 25.4 Å². The molecule has 1 heterocycles. The van der Waals surface area contributed by atoms with Crippen LogP contribution in [0.4, 0.5) is 10.5 Å². The number of phenolic OH excluding ortho intramolecular Hbond substituents is 2. The zero-order chi connectivity index (χ0) is 28.6. The van der Waals surface area contributed by atoms with E-state index >= 15 is 0 Å². The smallest absolute Gasteiger partial charge is 0.405 e. The van der Waals surface area contributed by atoms with Gasteiger partial charge in [-0.2, -0.15) is 0 Å². The topological polar surface area (TPSA) is 161 Å². The predicted octanol–water partition coefficient (Wildman–Crippen LogP) is 3.78. The molecular weight excluding hydrogens is 492 g/mol. The maximum absolute atomic E-state index is 12.8. The number of amides is 2. The lowest BCUT2D eigenvalue weighted by atomic mass is 9.88. The van der Waals surface area contributed by atoms with E-state index in [4.69, 9.17) is 19.9 Å². The number of benzene rings is 1. The molecule has 10 heteroatoms. The van der Waals surface area contributed by atoms with Gasteiger partial charge in [0.05, 0.1) is 18.3 Å². The Morgan fingerprint density at radius 3 is 2.37 bits per heavy atom. The van der Waals surface area contributed by atoms with Crippen LogP contribution in [-0.4, -0.2) is 66.0 Å². The van der Waals surface area contributed by atoms with Crippen molar-refractivity contribution in [2.24, 2.45) is 17.6 Å². The van der Waals surface area contributed by atoms with Crippen LogP contribution in [0.3, 0.4) is 0 Å². The molecule has 0 saturated carbocycles. The minimum absolute atomic E-state index is 0.0596. The average Bonchev–Trinajstić information content (AvgIpc) is 2.85. The van der Waals surface area contributed by atoms with Gasteiger partial charge in [0.2, 0.25) is 0 Å². The third-order valence-electron chi connectivity index (χ3n) is 6.97. The van der Waals surface area contributed by atoms with Crippen LogP contribution >= 0.6 is 0 Å². The number of phenols is 2. The summed E-state index contributed by atoms with van der Waals surface area (Å²) >= 11 is 0. The Kier molecular flexibility index (Phi) is 11.6. The molecule has 0 aliphatic carbocycles. The Bertz CT molecular complexity index is 1040. The molecule has 2 rings (SSSR count). The highest BCUT2D eigenvalue weighted by Gasteiger charge is 2.30. The largest absolute Gasteiger partial charge is 0.504 e. The molecule has 2 bridgehead atoms. The molecule has 1 aromatic rings. The van der Waals surface area contributed by atoms with Crippen LogP contribution in [0.15, 0.2) is 35.4 Å². The lowest BCUT2D eigenvalue weighted by molar-refractivity contribution is -0.112. The van der Waals surface area contributed by atoms with E-state index in [1.165, 1.54) is 20.3 Å². The Morgan fingerprint density at radius 1 is 1.11 bits per heavy atom. The van der Waals surface area contributed by atoms with Crippen molar-refractivity contribution in [1.29, 1.82) is 0 Å². The Hall–Kier alpha value is -3.08. The summed E-state index contributed by atoms with van der Waals surface area (Å²) in [5.41, 5.74) is 7.27. The first-order valence-corrected chi connectivity index (χ1v) is 12.8. The Morgan fingerprint density at radius 2 is 1.76 bits per heavy atom. The van der Waals surface area contributed by atoms with Gasteiger partial charge < -0.3 is 40.6 Å². The van der Waals surface area contributed by atoms with E-state index in [0.29, 0.717) is 48.1 Å². The Balaban J connectivity index is 2.51. The van der Waals surface area contributed by atoms with E-state index in [0.717, 1.165) is 0 Å². The number of carbonyl (C=O) groups excluding carboxylic acids is 2. The summed E-state index contributed by atoms with van der Waals surface area (Å²) in [6, 6.07) is 2.92. The van der Waals surface area contributed by atoms with Crippen molar-refractivity contribution in [2.45, 2.75) is 77.8 Å². The third kappa shape index (κ3) is 8.47. The summed E-state index contributed by atoms with van der Waals surface area (Å²) in [4.78, 5) is 24.5. The molecule has 6 atom stereocenters. The number of hydrogen-bond donors (Lipinski definition) is 5. The molecule has 6 N–H and O–H groups in total. The van der Waals surface area contributed by atoms with E-state index in [9.17, 15) is 24.9 Å². The van der Waals surface area contributed by atoms with E-state index in [1.54, 1.807) is 26.0 Å². The number of allylic oxidation sites excluding steroid dienone is 1. The van der Waals surface area contributed by atoms with Crippen molar-refractivity contribution < 1.29 is 39.1 Å². The van der Waals surface area contributed by atoms with Crippen molar-refractivity contribution in [3.05, 3.63) is 41.0 Å². The van der Waals surface area contributed by atoms with Gasteiger partial charge in [-0.3, -0.25) is 4.79 Å². The first-order valence-electron chi connectivity index (χ1n) is 12.8. The molecule has 1 aliphatic rings. The highest BCUT2D eigenvalue weighted by atomic mass is 16.6. The Labute approximate surface area is 224 Å². The molecule has 2 amide bonds. The average molecular weight is 535 g/mol. The molecule has 0 saturated heterocycles. The van der Waals surface area contributed by atoms with Crippen LogP contribution < -0.4 is 11.1 Å². The van der Waals surface area contributed by atoms with Gasteiger partial charge in [-0.25, -0.2) is 4.79 Å². The highest BCUT2D eigenvalue weighted by molar-refractivity contribution is 6.03. The quantitative estimate of drug-likeness (QED) is 0.222. The zero-order valence-electron chi connectivity index (χ0n) is 23.1. The molecule has 0 radical (unpaired) electrons. The summed E-state index contributed by atoms with van der Waals surface area (Å²) in [5.74, 6) is -1.37. The van der Waals surface area contributed by atoms with Gasteiger partial charge in [-0.05, 0) is 57.1 Å². The van der Waals surface area contributed by atoms with Crippen molar-refractivity contribution in [2.75, 3.05) is 19.5 Å². The lowest BCUT2D eigenvalue weighted by Crippen LogP contribution is -2.37. The molecule has 212 valence electrons. The summed E-state index contributed by atoms with van der Waals surface area (Å²) in [6.45, 7) is 7.24. The van der Waals surface area contributed by atoms with Gasteiger partial charge >= 0.3 is 6.09 Å². The zero-order valence-corrected chi connectivity index (χ0v) is 23.1. The maximum Gasteiger partial charge on any atom is 0.405 e. The van der Waals surface area contributed by atoms with E-state index in [2.05, 4.69) is 5.32 Å². The van der Waals surface area contributed by atoms with Gasteiger partial charge in [0, 0.05) is 43.0 Å². The van der Waals surface area contributed by atoms with Crippen molar-refractivity contribution in [3.8, 4) is 11.5 Å². The molecule has 0 fully saturated rings. The second-order valence-electron chi connectivity index (χ2n) is 10.1. The number of aliphatic hydroxyl groups is 1. The first kappa shape index (κ1) is 31.1. The molecule has 0 spiro atoms. The number of primary amides is 1. The second kappa shape index (κ2) is 14.2. The van der Waals surface area contributed by atoms with E-state index < -0.39 is 30.5 Å². The van der Waals surface area contributed by atoms with Crippen LogP contribution in [0.25, 0.3) is 0 Å². The number of anilines is 1. The molecule has 10 nitrogen and oxygen atoms in total. The molecule has 38 heavy (non-hydrogen) atoms. The molecule has 0 aromatic heterocycles. The maximum atomic E-state index is 12.8. The minimum atomic E-state index is -0.945. The monoisotopic (exact) mass is 534 g/mol. The number of methoxy groups -OCH3 is 2. The van der Waals surface area contributed by atoms with Crippen LogP contribution in [0.5, 0.6) is 11.5 Å². The lowest BCUT2D eigenvalue weighted by Gasteiger charge is -2.30. The summed E-state index contributed by atoms with van der Waals surface area (Å²) < 4.78 is 16.6. The fourth-order valence-electron chi connectivity index (χ4n) is 4.85. The number of aliphatic hydroxyl groups excluding tert-OH is 1. The summed E-state index contributed by atoms with van der Waals surface area (Å²) in [5, 5.41) is 34.6. The van der Waals surface area contributed by atoms with Gasteiger partial charge in [0.25, 0.3) is 5.91 Å². The van der Waals surface area contributed by atoms with Crippen LogP contribution in [0.1, 0.15) is 52.5 Å². The summed E-state index contributed by atoms with van der Waals surface area (Å²) in [6.07, 6.45) is 1.55. The molecular formula is C28H42N2O8. The second-order valence-corrected chi connectivity index (χ2v) is 10.1. The SMILES string of the molecule is CO[C@H]1C[C@@H](C)Cc2cc(cc(O)c2O)NC(=O)C(C)=CCC[C@@H](OC)[C@H](OC(N)=O)C(C)=C[C@H](C)[C@@H]1O. The number of hydrogen-bond acceptors (Lipinski definition) is 8. The molecule has 1 aliphatic heterocycles. The van der Waals surface area contributed by atoms with Crippen LogP contribution in [0.2, 0.25) is 0 Å². The van der Waals surface area contributed by atoms with Gasteiger partial charge in [0.1, 0.15) is 0 Å². The number of nitrogens with two attached hydrogens (primary N) is 1. The third-order valence-corrected chi connectivity index (χ3v) is 6.97. The number of carbonyl (C=O) groups is 2. The first-order chi connectivity index (χ1) is 17.9. The molecule has 0 unspecified atom stereocenters. The van der Waals surface area contributed by atoms with Crippen molar-refractivity contribution >= 4 is 17.7 Å². The van der Waals surface area contributed by atoms with Crippen molar-refractivity contribution in [3.63, 3.8) is 0 Å². The standard InChI is InChI=1S/C28H42N2O8/c1-15-10-19-13-20(14-21(31)25(19)33)30-27(34)16(2)8-7-9-22(36-5)26(38-28(29)35)18(4)12-17(3)24(32)23(11-15)37-6/h8,12-15,17,22-24,26,31-33H,7,9-11H2,1-6H3,(H2,29,35)(H,30,34)/t15-,17-,22+,23-,24-,26+/m0/s1. The number of fused-ring (bicyclic) bond motifs is 2. The fraction of sp³-hybridized carbons (Fsp3) is 0.571. The summed E-state index contributed by atoms with van der Waals surface area (Å²) in [7, 11) is 3.03. The normalized spacial score (nSPS) is 28.1. The number of rotatable bonds is 3. The number of ether oxygens (including phenoxy) is 3. The van der Waals surface area contributed by atoms with Crippen molar-refractivity contribution in [1.82, 2.24) is 0 Å². The van der Waals surface area contributed by atoms with Gasteiger partial charge in [0.15, 0.2) is 17.6 Å². The number of nitrogens with one attached hydrogen (secondary N) is 1. The van der Waals surface area contributed by atoms with Crippen LogP contribution in [0, 0.1) is 11.8 Å². The minimum Gasteiger partial charge on any atom is -0.504 e. The predicted molar refractivity (Wildman–Crippen MR) is 144 cm³/mol. The van der Waals surface area contributed by atoms with Gasteiger partial charge in [-0.15, -0.1) is 0 Å². The van der Waals surface area contributed by atoms with E-state index in [1.807, 2.05) is 19.9 Å². The fourth-order valence-corrected chi connectivity index (χ4v) is 4.85.